The van der Waals surface area contributed by atoms with Crippen molar-refractivity contribution in [1.82, 2.24) is 19.5 Å². The molecule has 0 N–H and O–H groups in total. The van der Waals surface area contributed by atoms with Crippen LogP contribution in [-0.2, 0) is 0 Å². The minimum Gasteiger partial charge on any atom is -0.358 e. The van der Waals surface area contributed by atoms with Gasteiger partial charge in [0, 0.05) is 33.2 Å². The van der Waals surface area contributed by atoms with Gasteiger partial charge in [0.05, 0.1) is 11.0 Å². The van der Waals surface area contributed by atoms with E-state index in [0.717, 1.165) is 22.4 Å². The molecular weight excluding hydrogens is 585 g/mol. The van der Waals surface area contributed by atoms with Crippen molar-refractivity contribution in [2.24, 2.45) is 0 Å². The highest BCUT2D eigenvalue weighted by molar-refractivity contribution is 6.30. The van der Waals surface area contributed by atoms with E-state index in [1.807, 2.05) is 60.7 Å². The molecule has 4 nitrogen and oxygen atoms in total. The van der Waals surface area contributed by atoms with Gasteiger partial charge >= 0.3 is 0 Å². The molecule has 0 bridgehead atoms. The summed E-state index contributed by atoms with van der Waals surface area (Å²) in [6.45, 7) is 0. The first kappa shape index (κ1) is 27.9. The standard InChI is InChI=1S/C43H26N4.CH3/c1-3-12-28(13-4-1)41-44-42(29-14-5-2-6-15-29)46-43(45-41)30-17-9-18-31(26-30)47-36-23-11-22-35-33-20-8-7-19-32(33)34-21-10-16-27-24-25-37(47)40(38(27)34)39(35)36;/h1-26H;1H3/q;-1. The lowest BCUT2D eigenvalue weighted by atomic mass is 9.93. The van der Waals surface area contributed by atoms with Crippen molar-refractivity contribution >= 4 is 32.6 Å². The highest BCUT2D eigenvalue weighted by Crippen LogP contribution is 2.49. The summed E-state index contributed by atoms with van der Waals surface area (Å²) < 4.78 is 2.40. The first-order valence-corrected chi connectivity index (χ1v) is 15.9. The van der Waals surface area contributed by atoms with Crippen LogP contribution in [0.5, 0.6) is 0 Å². The van der Waals surface area contributed by atoms with E-state index in [1.54, 1.807) is 0 Å². The molecule has 10 rings (SSSR count). The molecule has 0 saturated carbocycles. The van der Waals surface area contributed by atoms with E-state index in [1.165, 1.54) is 54.8 Å². The van der Waals surface area contributed by atoms with Gasteiger partial charge in [0.1, 0.15) is 0 Å². The van der Waals surface area contributed by atoms with Crippen molar-refractivity contribution in [2.75, 3.05) is 0 Å². The van der Waals surface area contributed by atoms with E-state index in [0.29, 0.717) is 17.5 Å². The first-order chi connectivity index (χ1) is 23.3. The van der Waals surface area contributed by atoms with Crippen molar-refractivity contribution in [3.05, 3.63) is 165 Å². The minimum atomic E-state index is 0. The molecule has 1 aliphatic rings. The van der Waals surface area contributed by atoms with Gasteiger partial charge in [-0.1, -0.05) is 133 Å². The number of hydrogen-bond donors (Lipinski definition) is 0. The number of aromatic nitrogens is 4. The quantitative estimate of drug-likeness (QED) is 0.186. The summed E-state index contributed by atoms with van der Waals surface area (Å²) in [5.41, 5.74) is 11.4. The van der Waals surface area contributed by atoms with Crippen LogP contribution < -0.4 is 0 Å². The van der Waals surface area contributed by atoms with Crippen LogP contribution in [0.3, 0.4) is 0 Å². The Bertz CT molecular complexity index is 2620. The first-order valence-electron chi connectivity index (χ1n) is 15.9. The van der Waals surface area contributed by atoms with Gasteiger partial charge in [-0.3, -0.25) is 0 Å². The highest BCUT2D eigenvalue weighted by Gasteiger charge is 2.24. The van der Waals surface area contributed by atoms with E-state index in [2.05, 4.69) is 102 Å². The third-order valence-electron chi connectivity index (χ3n) is 9.37. The van der Waals surface area contributed by atoms with Crippen LogP contribution in [0.4, 0.5) is 0 Å². The second kappa shape index (κ2) is 10.9. The molecule has 0 saturated heterocycles. The van der Waals surface area contributed by atoms with E-state index < -0.39 is 0 Å². The van der Waals surface area contributed by atoms with Gasteiger partial charge in [0.15, 0.2) is 17.5 Å². The molecule has 1 aliphatic carbocycles. The van der Waals surface area contributed by atoms with Crippen molar-refractivity contribution in [3.8, 4) is 62.1 Å². The van der Waals surface area contributed by atoms with Gasteiger partial charge in [-0.15, -0.1) is 0 Å². The maximum atomic E-state index is 5.02. The number of benzene rings is 7. The van der Waals surface area contributed by atoms with Crippen LogP contribution in [0, 0.1) is 7.43 Å². The molecule has 0 atom stereocenters. The Morgan fingerprint density at radius 1 is 0.354 bits per heavy atom. The number of nitrogens with zero attached hydrogens (tertiary/aromatic N) is 4. The molecule has 4 heteroatoms. The Morgan fingerprint density at radius 3 is 1.52 bits per heavy atom. The van der Waals surface area contributed by atoms with E-state index in [4.69, 9.17) is 15.0 Å². The monoisotopic (exact) mass is 613 g/mol. The summed E-state index contributed by atoms with van der Waals surface area (Å²) in [5, 5.41) is 5.14. The van der Waals surface area contributed by atoms with Gasteiger partial charge in [-0.25, -0.2) is 15.0 Å². The summed E-state index contributed by atoms with van der Waals surface area (Å²) >= 11 is 0. The molecular formula is C44H29N4-. The molecule has 226 valence electrons. The molecule has 48 heavy (non-hydrogen) atoms. The van der Waals surface area contributed by atoms with E-state index >= 15 is 0 Å². The lowest BCUT2D eigenvalue weighted by Gasteiger charge is -2.14. The molecule has 0 spiro atoms. The zero-order chi connectivity index (χ0) is 30.9. The fraction of sp³-hybridized carbons (Fsp3) is 0. The largest absolute Gasteiger partial charge is 0.358 e. The van der Waals surface area contributed by atoms with Gasteiger partial charge in [-0.2, -0.15) is 0 Å². The zero-order valence-electron chi connectivity index (χ0n) is 26.3. The second-order valence-corrected chi connectivity index (χ2v) is 12.0. The summed E-state index contributed by atoms with van der Waals surface area (Å²) in [6, 6.07) is 55.6. The number of fused-ring (bicyclic) bond motifs is 3. The molecule has 7 aromatic carbocycles. The number of rotatable bonds is 4. The molecule has 0 fully saturated rings. The van der Waals surface area contributed by atoms with Crippen LogP contribution in [-0.4, -0.2) is 19.5 Å². The Balaban J connectivity index is 0.00000314. The average Bonchev–Trinajstić information content (AvgIpc) is 3.43. The fourth-order valence-corrected chi connectivity index (χ4v) is 7.33. The van der Waals surface area contributed by atoms with Gasteiger partial charge in [0.2, 0.25) is 0 Å². The van der Waals surface area contributed by atoms with Crippen molar-refractivity contribution < 1.29 is 0 Å². The third kappa shape index (κ3) is 4.13. The smallest absolute Gasteiger partial charge is 0.164 e. The molecule has 0 aliphatic heterocycles. The fourth-order valence-electron chi connectivity index (χ4n) is 7.33. The molecule has 2 heterocycles. The highest BCUT2D eigenvalue weighted by atomic mass is 15.0. The van der Waals surface area contributed by atoms with Crippen LogP contribution in [0.2, 0.25) is 0 Å². The molecule has 0 unspecified atom stereocenters. The van der Waals surface area contributed by atoms with Gasteiger partial charge in [-0.05, 0) is 57.3 Å². The Hall–Kier alpha value is -6.39. The van der Waals surface area contributed by atoms with Crippen molar-refractivity contribution in [3.63, 3.8) is 0 Å². The van der Waals surface area contributed by atoms with Crippen molar-refractivity contribution in [2.45, 2.75) is 0 Å². The van der Waals surface area contributed by atoms with Crippen LogP contribution >= 0.6 is 0 Å². The van der Waals surface area contributed by atoms with Crippen LogP contribution in [0.1, 0.15) is 0 Å². The summed E-state index contributed by atoms with van der Waals surface area (Å²) in [5.74, 6) is 1.95. The van der Waals surface area contributed by atoms with Gasteiger partial charge < -0.3 is 12.0 Å². The van der Waals surface area contributed by atoms with E-state index in [9.17, 15) is 0 Å². The lowest BCUT2D eigenvalue weighted by Crippen LogP contribution is -2.01. The average molecular weight is 614 g/mol. The zero-order valence-corrected chi connectivity index (χ0v) is 26.3. The maximum absolute atomic E-state index is 5.02. The predicted molar refractivity (Wildman–Crippen MR) is 199 cm³/mol. The molecule has 2 aromatic heterocycles. The summed E-state index contributed by atoms with van der Waals surface area (Å²) in [7, 11) is 0. The number of hydrogen-bond acceptors (Lipinski definition) is 3. The Labute approximate surface area is 278 Å². The normalized spacial score (nSPS) is 11.6. The Morgan fingerprint density at radius 2 is 0.854 bits per heavy atom. The SMILES string of the molecule is [CH3-].c1ccc(-c2nc(-c3ccccc3)nc(-c3cccc(-n4c5cccc6c5c5c7c(cccc7ccc54)-c4ccccc4-6)c3)n2)cc1. The molecule has 0 amide bonds. The maximum Gasteiger partial charge on any atom is 0.164 e. The summed E-state index contributed by atoms with van der Waals surface area (Å²) in [4.78, 5) is 14.9. The topological polar surface area (TPSA) is 43.6 Å². The van der Waals surface area contributed by atoms with Crippen LogP contribution in [0.25, 0.3) is 94.7 Å². The van der Waals surface area contributed by atoms with E-state index in [-0.39, 0.29) is 7.43 Å². The molecule has 0 radical (unpaired) electrons. The predicted octanol–water partition coefficient (Wildman–Crippen LogP) is 11.2. The van der Waals surface area contributed by atoms with Gasteiger partial charge in [0.25, 0.3) is 0 Å². The molecule has 9 aromatic rings. The van der Waals surface area contributed by atoms with Crippen LogP contribution in [0.15, 0.2) is 158 Å². The lowest BCUT2D eigenvalue weighted by molar-refractivity contribution is 1.07. The Kier molecular flexibility index (Phi) is 6.31. The minimum absolute atomic E-state index is 0. The second-order valence-electron chi connectivity index (χ2n) is 12.0. The van der Waals surface area contributed by atoms with Crippen molar-refractivity contribution in [1.29, 1.82) is 0 Å². The third-order valence-corrected chi connectivity index (χ3v) is 9.37. The summed E-state index contributed by atoms with van der Waals surface area (Å²) in [6.07, 6.45) is 0.